The number of hydrogen-bond acceptors (Lipinski definition) is 11. The van der Waals surface area contributed by atoms with Crippen LogP contribution in [-0.4, -0.2) is 64.3 Å². The minimum Gasteiger partial charge on any atom is -0.494 e. The maximum Gasteiger partial charge on any atom is 0.271 e. The van der Waals surface area contributed by atoms with Gasteiger partial charge < -0.3 is 25.6 Å². The number of carbonyl (C=O) groups excluding carboxylic acids is 2. The van der Waals surface area contributed by atoms with Gasteiger partial charge in [-0.05, 0) is 38.8 Å². The number of nitrogens with one attached hydrogen (secondary N) is 2. The van der Waals surface area contributed by atoms with E-state index in [0.717, 1.165) is 17.1 Å². The Kier molecular flexibility index (Phi) is 7.59. The third-order valence-corrected chi connectivity index (χ3v) is 8.00. The van der Waals surface area contributed by atoms with E-state index in [1.165, 1.54) is 20.2 Å². The molecule has 0 atom stereocenters. The van der Waals surface area contributed by atoms with Crippen molar-refractivity contribution < 1.29 is 27.3 Å². The summed E-state index contributed by atoms with van der Waals surface area (Å²) in [6, 6.07) is 6.52. The van der Waals surface area contributed by atoms with Gasteiger partial charge in [0, 0.05) is 19.0 Å². The molecule has 1 saturated carbocycles. The number of nitrogens with zero attached hydrogens (tertiary/aromatic N) is 5. The van der Waals surface area contributed by atoms with Crippen LogP contribution in [0.1, 0.15) is 43.1 Å². The van der Waals surface area contributed by atoms with Gasteiger partial charge in [0.1, 0.15) is 0 Å². The molecular formula is C23H28N8O6S. The van der Waals surface area contributed by atoms with E-state index >= 15 is 0 Å². The molecule has 1 aromatic carbocycles. The molecule has 4 rings (SSSR count). The zero-order valence-corrected chi connectivity index (χ0v) is 22.1. The number of nitrogens with two attached hydrogens (primary N) is 1. The molecule has 1 fully saturated rings. The van der Waals surface area contributed by atoms with Gasteiger partial charge in [-0.2, -0.15) is 9.29 Å². The quantitative estimate of drug-likeness (QED) is 0.319. The molecule has 3 aromatic rings. The Morgan fingerprint density at radius 3 is 2.61 bits per heavy atom. The highest BCUT2D eigenvalue weighted by Gasteiger charge is 2.30. The fourth-order valence-electron chi connectivity index (χ4n) is 3.55. The summed E-state index contributed by atoms with van der Waals surface area (Å²) in [7, 11) is -0.638. The van der Waals surface area contributed by atoms with E-state index in [4.69, 9.17) is 15.0 Å². The van der Waals surface area contributed by atoms with Crippen LogP contribution in [-0.2, 0) is 21.4 Å². The van der Waals surface area contributed by atoms with Gasteiger partial charge in [0.2, 0.25) is 27.6 Å². The van der Waals surface area contributed by atoms with Crippen LogP contribution in [0.15, 0.2) is 28.8 Å². The number of benzene rings is 1. The summed E-state index contributed by atoms with van der Waals surface area (Å²) in [5.74, 6) is -0.318. The average Bonchev–Trinajstić information content (AvgIpc) is 3.63. The highest BCUT2D eigenvalue weighted by atomic mass is 32.2. The van der Waals surface area contributed by atoms with Crippen molar-refractivity contribution in [2.24, 2.45) is 11.7 Å². The molecule has 0 radical (unpaired) electrons. The highest BCUT2D eigenvalue weighted by molar-refractivity contribution is 7.89. The third-order valence-electron chi connectivity index (χ3n) is 5.81. The highest BCUT2D eigenvalue weighted by Crippen LogP contribution is 2.37. The molecule has 0 spiro atoms. The number of methoxy groups -OCH3 is 1. The lowest BCUT2D eigenvalue weighted by atomic mass is 10.1. The fourth-order valence-corrected chi connectivity index (χ4v) is 4.56. The van der Waals surface area contributed by atoms with Crippen LogP contribution >= 0.6 is 0 Å². The van der Waals surface area contributed by atoms with Gasteiger partial charge in [-0.3, -0.25) is 9.59 Å². The number of ether oxygens (including phenoxy) is 1. The Bertz CT molecular complexity index is 1470. The molecule has 4 N–H and O–H groups in total. The predicted octanol–water partition coefficient (Wildman–Crippen LogP) is 1.90. The normalized spacial score (nSPS) is 13.5. The first-order chi connectivity index (χ1) is 18.0. The number of anilines is 3. The lowest BCUT2D eigenvalue weighted by Gasteiger charge is -2.17. The minimum atomic E-state index is -3.51. The van der Waals surface area contributed by atoms with Crippen LogP contribution < -0.4 is 21.1 Å². The maximum absolute atomic E-state index is 12.4. The molecule has 38 heavy (non-hydrogen) atoms. The zero-order valence-electron chi connectivity index (χ0n) is 21.3. The predicted molar refractivity (Wildman–Crippen MR) is 137 cm³/mol. The lowest BCUT2D eigenvalue weighted by molar-refractivity contribution is -0.117. The van der Waals surface area contributed by atoms with Crippen molar-refractivity contribution in [3.05, 3.63) is 35.9 Å². The van der Waals surface area contributed by atoms with Crippen LogP contribution in [0.25, 0.3) is 11.4 Å². The van der Waals surface area contributed by atoms with Gasteiger partial charge in [-0.1, -0.05) is 11.2 Å². The molecule has 0 unspecified atom stereocenters. The lowest BCUT2D eigenvalue weighted by Crippen LogP contribution is -2.32. The van der Waals surface area contributed by atoms with E-state index in [-0.39, 0.29) is 47.3 Å². The van der Waals surface area contributed by atoms with E-state index in [2.05, 4.69) is 31.0 Å². The number of hydrogen-bond donors (Lipinski definition) is 3. The maximum atomic E-state index is 12.4. The van der Waals surface area contributed by atoms with E-state index in [1.54, 1.807) is 32.0 Å². The number of aromatic nitrogens is 4. The van der Waals surface area contributed by atoms with Gasteiger partial charge in [-0.25, -0.2) is 8.42 Å². The van der Waals surface area contributed by atoms with Crippen LogP contribution in [0.3, 0.4) is 0 Å². The van der Waals surface area contributed by atoms with Gasteiger partial charge in [-0.15, -0.1) is 10.2 Å². The largest absolute Gasteiger partial charge is 0.494 e. The summed E-state index contributed by atoms with van der Waals surface area (Å²) in [6.45, 7) is 3.06. The third kappa shape index (κ3) is 5.73. The van der Waals surface area contributed by atoms with E-state index in [1.807, 2.05) is 0 Å². The van der Waals surface area contributed by atoms with Crippen LogP contribution in [0.4, 0.5) is 17.2 Å². The van der Waals surface area contributed by atoms with Crippen molar-refractivity contribution in [1.82, 2.24) is 24.6 Å². The first-order valence-corrected chi connectivity index (χ1v) is 13.2. The Hall–Kier alpha value is -4.11. The van der Waals surface area contributed by atoms with Gasteiger partial charge in [0.25, 0.3) is 5.91 Å². The average molecular weight is 545 g/mol. The van der Waals surface area contributed by atoms with E-state index in [0.29, 0.717) is 17.0 Å². The van der Waals surface area contributed by atoms with E-state index < -0.39 is 21.2 Å². The smallest absolute Gasteiger partial charge is 0.271 e. The molecule has 202 valence electrons. The summed E-state index contributed by atoms with van der Waals surface area (Å²) >= 11 is 0. The topological polar surface area (TPSA) is 196 Å². The number of primary amides is 1. The monoisotopic (exact) mass is 544 g/mol. The van der Waals surface area contributed by atoms with Crippen molar-refractivity contribution in [3.8, 4) is 17.1 Å². The summed E-state index contributed by atoms with van der Waals surface area (Å²) in [4.78, 5) is 28.5. The standard InChI is InChI=1S/C23H28N8O6S/c1-12(2)38(34,35)31(3)11-18-27-22(30-37-18)14-6-5-7-15(20(14)36-4)25-16-10-17(26-23(33)13-8-9-13)28-29-19(16)21(24)32/h5-7,10,12-13H,8-9,11H2,1-4H3,(H2,24,32)(H2,25,26,28,33). The number of rotatable bonds is 11. The number of para-hydroxylation sites is 1. The fraction of sp³-hybridized carbons (Fsp3) is 0.391. The molecule has 1 aliphatic rings. The van der Waals surface area contributed by atoms with Gasteiger partial charge in [0.15, 0.2) is 17.3 Å². The van der Waals surface area contributed by atoms with Crippen molar-refractivity contribution in [3.63, 3.8) is 0 Å². The summed E-state index contributed by atoms with van der Waals surface area (Å²) < 4.78 is 36.8. The molecular weight excluding hydrogens is 516 g/mol. The number of amides is 2. The molecule has 1 aliphatic carbocycles. The molecule has 0 saturated heterocycles. The number of sulfonamides is 1. The van der Waals surface area contributed by atoms with Crippen LogP contribution in [0.2, 0.25) is 0 Å². The van der Waals surface area contributed by atoms with Crippen molar-refractivity contribution >= 4 is 39.0 Å². The molecule has 14 nitrogen and oxygen atoms in total. The Morgan fingerprint density at radius 2 is 1.97 bits per heavy atom. The van der Waals surface area contributed by atoms with Crippen molar-refractivity contribution in [2.75, 3.05) is 24.8 Å². The summed E-state index contributed by atoms with van der Waals surface area (Å²) in [5.41, 5.74) is 6.38. The van der Waals surface area contributed by atoms with Gasteiger partial charge >= 0.3 is 0 Å². The number of carbonyl (C=O) groups is 2. The molecule has 2 aromatic heterocycles. The minimum absolute atomic E-state index is 0.0501. The first-order valence-electron chi connectivity index (χ1n) is 11.7. The molecule has 0 bridgehead atoms. The first kappa shape index (κ1) is 26.9. The molecule has 0 aliphatic heterocycles. The molecule has 2 heterocycles. The van der Waals surface area contributed by atoms with Crippen LogP contribution in [0.5, 0.6) is 5.75 Å². The van der Waals surface area contributed by atoms with E-state index in [9.17, 15) is 18.0 Å². The van der Waals surface area contributed by atoms with Crippen molar-refractivity contribution in [1.29, 1.82) is 0 Å². The molecule has 15 heteroatoms. The second-order valence-corrected chi connectivity index (χ2v) is 11.6. The Morgan fingerprint density at radius 1 is 1.24 bits per heavy atom. The molecule has 2 amide bonds. The summed E-state index contributed by atoms with van der Waals surface area (Å²) in [5, 5.41) is 16.9. The second-order valence-electron chi connectivity index (χ2n) is 8.99. The summed E-state index contributed by atoms with van der Waals surface area (Å²) in [6.07, 6.45) is 1.63. The SMILES string of the molecule is COc1c(Nc2cc(NC(=O)C3CC3)nnc2C(N)=O)cccc1-c1noc(CN(C)S(=O)(=O)C(C)C)n1. The Balaban J connectivity index is 1.62. The van der Waals surface area contributed by atoms with Gasteiger partial charge in [0.05, 0.1) is 35.8 Å². The zero-order chi connectivity index (χ0) is 27.6. The second kappa shape index (κ2) is 10.7. The van der Waals surface area contributed by atoms with Crippen LogP contribution in [0, 0.1) is 5.92 Å². The Labute approximate surface area is 219 Å². The van der Waals surface area contributed by atoms with Crippen molar-refractivity contribution in [2.45, 2.75) is 38.5 Å².